The molecular weight excluding hydrogens is 411 g/mol. The molecule has 1 fully saturated rings. The van der Waals surface area contributed by atoms with Crippen molar-refractivity contribution in [3.05, 3.63) is 11.8 Å². The summed E-state index contributed by atoms with van der Waals surface area (Å²) in [6.07, 6.45) is 3.06. The molecule has 172 valence electrons. The minimum absolute atomic E-state index is 0.0243. The molecule has 0 aromatic rings. The third-order valence-electron chi connectivity index (χ3n) is 6.81. The van der Waals surface area contributed by atoms with E-state index in [0.29, 0.717) is 6.54 Å². The maximum absolute atomic E-state index is 13.1. The van der Waals surface area contributed by atoms with Crippen molar-refractivity contribution in [2.45, 2.75) is 57.1 Å². The SMILES string of the molecule is CCC1N=CC(C2=CC(C)C3C(=O)N(C4C=NN(CC(F)(F)F)C4)CC3N2)CC1OC. The molecular formula is C21H30F3N5O2. The number of nitrogens with one attached hydrogen (secondary N) is 1. The van der Waals surface area contributed by atoms with Crippen LogP contribution in [-0.2, 0) is 9.53 Å². The van der Waals surface area contributed by atoms with Gasteiger partial charge in [-0.2, -0.15) is 18.3 Å². The molecule has 4 aliphatic rings. The van der Waals surface area contributed by atoms with Gasteiger partial charge < -0.3 is 15.0 Å². The summed E-state index contributed by atoms with van der Waals surface area (Å²) < 4.78 is 43.7. The second-order valence-electron chi connectivity index (χ2n) is 8.93. The first-order chi connectivity index (χ1) is 14.7. The van der Waals surface area contributed by atoms with Crippen molar-refractivity contribution in [3.63, 3.8) is 0 Å². The Morgan fingerprint density at radius 2 is 2.06 bits per heavy atom. The molecule has 10 heteroatoms. The van der Waals surface area contributed by atoms with E-state index in [-0.39, 0.29) is 48.4 Å². The second-order valence-corrected chi connectivity index (χ2v) is 8.93. The van der Waals surface area contributed by atoms with Crippen molar-refractivity contribution in [1.82, 2.24) is 15.2 Å². The van der Waals surface area contributed by atoms with Crippen LogP contribution in [0.1, 0.15) is 26.7 Å². The number of allylic oxidation sites excluding steroid dienone is 2. The van der Waals surface area contributed by atoms with Gasteiger partial charge in [0.2, 0.25) is 5.91 Å². The van der Waals surface area contributed by atoms with Gasteiger partial charge >= 0.3 is 6.18 Å². The van der Waals surface area contributed by atoms with Gasteiger partial charge in [-0.05, 0) is 18.8 Å². The molecule has 4 rings (SSSR count). The number of methoxy groups -OCH3 is 1. The summed E-state index contributed by atoms with van der Waals surface area (Å²) in [6, 6.07) is -0.344. The quantitative estimate of drug-likeness (QED) is 0.709. The third-order valence-corrected chi connectivity index (χ3v) is 6.81. The van der Waals surface area contributed by atoms with Gasteiger partial charge in [0.05, 0.1) is 36.7 Å². The maximum Gasteiger partial charge on any atom is 0.407 e. The largest absolute Gasteiger partial charge is 0.407 e. The Kier molecular flexibility index (Phi) is 6.02. The standard InChI is InChI=1S/C21H30F3N5O2/c1-4-15-18(31-3)6-13(7-25-15)16-5-12(2)19-17(27-16)10-29(20(19)30)14-8-26-28(9-14)11-21(22,23)24/h5,7-8,12-15,17-19,27H,4,6,9-11H2,1-3H3. The van der Waals surface area contributed by atoms with Crippen LogP contribution in [-0.4, -0.2) is 85.4 Å². The zero-order valence-corrected chi connectivity index (χ0v) is 18.0. The minimum atomic E-state index is -4.32. The maximum atomic E-state index is 13.1. The molecule has 31 heavy (non-hydrogen) atoms. The molecule has 7 unspecified atom stereocenters. The van der Waals surface area contributed by atoms with Crippen LogP contribution in [0.15, 0.2) is 21.9 Å². The van der Waals surface area contributed by atoms with Crippen LogP contribution in [0.25, 0.3) is 0 Å². The highest BCUT2D eigenvalue weighted by atomic mass is 19.4. The number of amides is 1. The fraction of sp³-hybridized carbons (Fsp3) is 0.762. The summed E-state index contributed by atoms with van der Waals surface area (Å²) >= 11 is 0. The molecule has 1 amide bonds. The minimum Gasteiger partial charge on any atom is -0.383 e. The van der Waals surface area contributed by atoms with E-state index in [1.54, 1.807) is 12.0 Å². The Morgan fingerprint density at radius 3 is 2.74 bits per heavy atom. The molecule has 0 aromatic heterocycles. The number of alkyl halides is 3. The van der Waals surface area contributed by atoms with Gasteiger partial charge in [-0.3, -0.25) is 14.8 Å². The first-order valence-corrected chi connectivity index (χ1v) is 10.9. The first kappa shape index (κ1) is 22.1. The van der Waals surface area contributed by atoms with Gasteiger partial charge in [0, 0.05) is 37.7 Å². The number of fused-ring (bicyclic) bond motifs is 1. The number of aliphatic imine (C=N–C) groups is 1. The molecule has 7 nitrogen and oxygen atoms in total. The van der Waals surface area contributed by atoms with Gasteiger partial charge in [0.1, 0.15) is 6.54 Å². The second kappa shape index (κ2) is 8.44. The fourth-order valence-electron chi connectivity index (χ4n) is 5.26. The Bertz CT molecular complexity index is 783. The third kappa shape index (κ3) is 4.44. The molecule has 0 aromatic carbocycles. The van der Waals surface area contributed by atoms with E-state index >= 15 is 0 Å². The highest BCUT2D eigenvalue weighted by Crippen LogP contribution is 2.36. The first-order valence-electron chi connectivity index (χ1n) is 10.9. The molecule has 0 spiro atoms. The fourth-order valence-corrected chi connectivity index (χ4v) is 5.26. The lowest BCUT2D eigenvalue weighted by Gasteiger charge is -2.36. The van der Waals surface area contributed by atoms with Gasteiger partial charge in [0.25, 0.3) is 0 Å². The Labute approximate surface area is 180 Å². The summed E-state index contributed by atoms with van der Waals surface area (Å²) in [4.78, 5) is 19.5. The van der Waals surface area contributed by atoms with Crippen molar-refractivity contribution in [2.75, 3.05) is 26.7 Å². The average Bonchev–Trinajstić information content (AvgIpc) is 3.30. The number of halogens is 3. The Balaban J connectivity index is 1.43. The van der Waals surface area contributed by atoms with Crippen molar-refractivity contribution >= 4 is 18.3 Å². The van der Waals surface area contributed by atoms with Gasteiger partial charge in [-0.1, -0.05) is 19.9 Å². The van der Waals surface area contributed by atoms with Crippen LogP contribution in [0, 0.1) is 17.8 Å². The number of hydrogen-bond acceptors (Lipinski definition) is 6. The van der Waals surface area contributed by atoms with E-state index in [2.05, 4.69) is 28.4 Å². The smallest absolute Gasteiger partial charge is 0.383 e. The number of rotatable bonds is 5. The lowest BCUT2D eigenvalue weighted by atomic mass is 9.81. The molecule has 1 N–H and O–H groups in total. The van der Waals surface area contributed by atoms with Crippen molar-refractivity contribution in [3.8, 4) is 0 Å². The Hall–Kier alpha value is -2.10. The van der Waals surface area contributed by atoms with E-state index in [9.17, 15) is 18.0 Å². The monoisotopic (exact) mass is 441 g/mol. The van der Waals surface area contributed by atoms with Crippen LogP contribution >= 0.6 is 0 Å². The molecule has 4 aliphatic heterocycles. The zero-order valence-electron chi connectivity index (χ0n) is 18.0. The predicted molar refractivity (Wildman–Crippen MR) is 111 cm³/mol. The van der Waals surface area contributed by atoms with E-state index in [4.69, 9.17) is 4.74 Å². The molecule has 1 saturated heterocycles. The molecule has 0 bridgehead atoms. The number of carbonyl (C=O) groups excluding carboxylic acids is 1. The number of carbonyl (C=O) groups is 1. The van der Waals surface area contributed by atoms with E-state index < -0.39 is 18.8 Å². The van der Waals surface area contributed by atoms with Gasteiger partial charge in [-0.25, -0.2) is 0 Å². The van der Waals surface area contributed by atoms with Crippen molar-refractivity contribution < 1.29 is 22.7 Å². The van der Waals surface area contributed by atoms with Crippen molar-refractivity contribution in [1.29, 1.82) is 0 Å². The average molecular weight is 441 g/mol. The predicted octanol–water partition coefficient (Wildman–Crippen LogP) is 2.05. The molecule has 4 heterocycles. The highest BCUT2D eigenvalue weighted by molar-refractivity contribution is 5.87. The van der Waals surface area contributed by atoms with E-state index in [1.807, 2.05) is 13.1 Å². The number of hydrogen-bond donors (Lipinski definition) is 1. The zero-order chi connectivity index (χ0) is 22.3. The summed E-state index contributed by atoms with van der Waals surface area (Å²) in [6.45, 7) is 3.55. The molecule has 0 saturated carbocycles. The van der Waals surface area contributed by atoms with Gasteiger partial charge in [-0.15, -0.1) is 0 Å². The van der Waals surface area contributed by atoms with Gasteiger partial charge in [0.15, 0.2) is 0 Å². The summed E-state index contributed by atoms with van der Waals surface area (Å²) in [5.41, 5.74) is 1.06. The van der Waals surface area contributed by atoms with Crippen LogP contribution in [0.5, 0.6) is 0 Å². The Morgan fingerprint density at radius 1 is 1.29 bits per heavy atom. The number of ether oxygens (including phenoxy) is 1. The molecule has 0 aliphatic carbocycles. The summed E-state index contributed by atoms with van der Waals surface area (Å²) in [7, 11) is 1.71. The van der Waals surface area contributed by atoms with Crippen LogP contribution in [0.4, 0.5) is 13.2 Å². The summed E-state index contributed by atoms with van der Waals surface area (Å²) in [5, 5.41) is 8.39. The van der Waals surface area contributed by atoms with Crippen LogP contribution in [0.2, 0.25) is 0 Å². The highest BCUT2D eigenvalue weighted by Gasteiger charge is 2.49. The van der Waals surface area contributed by atoms with Crippen molar-refractivity contribution in [2.24, 2.45) is 27.8 Å². The number of hydrazone groups is 1. The lowest BCUT2D eigenvalue weighted by molar-refractivity contribution is -0.145. The van der Waals surface area contributed by atoms with Crippen LogP contribution in [0.3, 0.4) is 0 Å². The van der Waals surface area contributed by atoms with Crippen LogP contribution < -0.4 is 5.32 Å². The summed E-state index contributed by atoms with van der Waals surface area (Å²) in [5.74, 6) is -0.114. The molecule has 7 atom stereocenters. The molecule has 0 radical (unpaired) electrons. The topological polar surface area (TPSA) is 69.5 Å². The van der Waals surface area contributed by atoms with E-state index in [0.717, 1.165) is 23.5 Å². The number of nitrogens with zero attached hydrogens (tertiary/aromatic N) is 4. The van der Waals surface area contributed by atoms with E-state index in [1.165, 1.54) is 6.21 Å². The lowest BCUT2D eigenvalue weighted by Crippen LogP contribution is -2.46. The number of likely N-dealkylation sites (tertiary alicyclic amines) is 1. The normalized spacial score (nSPS) is 37.8.